The minimum absolute atomic E-state index is 0.0359. The van der Waals surface area contributed by atoms with Crippen molar-refractivity contribution in [2.75, 3.05) is 17.2 Å². The second-order valence-electron chi connectivity index (χ2n) is 7.38. The summed E-state index contributed by atoms with van der Waals surface area (Å²) < 4.78 is 5.40. The Balaban J connectivity index is 1.85. The fourth-order valence-corrected chi connectivity index (χ4v) is 3.10. The molecule has 5 heteroatoms. The van der Waals surface area contributed by atoms with Crippen molar-refractivity contribution in [2.24, 2.45) is 0 Å². The Kier molecular flexibility index (Phi) is 4.57. The van der Waals surface area contributed by atoms with Crippen LogP contribution in [0, 0.1) is 0 Å². The van der Waals surface area contributed by atoms with Crippen LogP contribution in [0.1, 0.15) is 26.3 Å². The Morgan fingerprint density at radius 2 is 1.96 bits per heavy atom. The molecule has 0 spiro atoms. The average molecular weight is 339 g/mol. The van der Waals surface area contributed by atoms with Crippen LogP contribution >= 0.6 is 0 Å². The SMILES string of the molecule is CC(C)(C)OC(=O)NC1Cc2ccccc2N(c2cccc(N)c2)C1. The number of nitrogens with two attached hydrogens (primary N) is 1. The summed E-state index contributed by atoms with van der Waals surface area (Å²) in [7, 11) is 0. The van der Waals surface area contributed by atoms with Gasteiger partial charge in [-0.2, -0.15) is 0 Å². The number of hydrogen-bond acceptors (Lipinski definition) is 4. The van der Waals surface area contributed by atoms with Gasteiger partial charge < -0.3 is 20.7 Å². The molecule has 25 heavy (non-hydrogen) atoms. The lowest BCUT2D eigenvalue weighted by Gasteiger charge is -2.36. The molecule has 0 saturated heterocycles. The van der Waals surface area contributed by atoms with E-state index in [0.29, 0.717) is 6.54 Å². The molecule has 1 unspecified atom stereocenters. The van der Waals surface area contributed by atoms with Crippen LogP contribution in [0.4, 0.5) is 21.9 Å². The number of anilines is 3. The minimum Gasteiger partial charge on any atom is -0.444 e. The highest BCUT2D eigenvalue weighted by molar-refractivity contribution is 5.72. The largest absolute Gasteiger partial charge is 0.444 e. The molecule has 0 aliphatic carbocycles. The molecular weight excluding hydrogens is 314 g/mol. The Morgan fingerprint density at radius 1 is 1.20 bits per heavy atom. The number of nitrogens with zero attached hydrogens (tertiary/aromatic N) is 1. The number of ether oxygens (including phenoxy) is 1. The number of carbonyl (C=O) groups excluding carboxylic acids is 1. The predicted molar refractivity (Wildman–Crippen MR) is 101 cm³/mol. The lowest BCUT2D eigenvalue weighted by molar-refractivity contribution is 0.0505. The van der Waals surface area contributed by atoms with Crippen LogP contribution in [0.15, 0.2) is 48.5 Å². The Bertz CT molecular complexity index is 768. The zero-order valence-electron chi connectivity index (χ0n) is 15.0. The summed E-state index contributed by atoms with van der Waals surface area (Å²) in [6.45, 7) is 6.26. The van der Waals surface area contributed by atoms with Crippen LogP contribution in [0.5, 0.6) is 0 Å². The summed E-state index contributed by atoms with van der Waals surface area (Å²) >= 11 is 0. The van der Waals surface area contributed by atoms with Crippen molar-refractivity contribution >= 4 is 23.2 Å². The van der Waals surface area contributed by atoms with Gasteiger partial charge in [0.1, 0.15) is 5.60 Å². The molecule has 1 atom stereocenters. The summed E-state index contributed by atoms with van der Waals surface area (Å²) in [6.07, 6.45) is 0.387. The molecule has 1 aliphatic heterocycles. The third kappa shape index (κ3) is 4.24. The monoisotopic (exact) mass is 339 g/mol. The molecule has 3 rings (SSSR count). The topological polar surface area (TPSA) is 67.6 Å². The van der Waals surface area contributed by atoms with Gasteiger partial charge in [-0.25, -0.2) is 4.79 Å². The van der Waals surface area contributed by atoms with E-state index in [-0.39, 0.29) is 12.1 Å². The maximum absolute atomic E-state index is 12.2. The van der Waals surface area contributed by atoms with Crippen LogP contribution in [-0.4, -0.2) is 24.3 Å². The van der Waals surface area contributed by atoms with Crippen LogP contribution in [0.3, 0.4) is 0 Å². The number of nitrogens with one attached hydrogen (secondary N) is 1. The van der Waals surface area contributed by atoms with Gasteiger partial charge in [0.25, 0.3) is 0 Å². The highest BCUT2D eigenvalue weighted by Gasteiger charge is 2.28. The fourth-order valence-electron chi connectivity index (χ4n) is 3.10. The molecule has 0 fully saturated rings. The third-order valence-corrected chi connectivity index (χ3v) is 4.05. The van der Waals surface area contributed by atoms with Crippen LogP contribution in [0.2, 0.25) is 0 Å². The van der Waals surface area contributed by atoms with E-state index in [2.05, 4.69) is 22.3 Å². The van der Waals surface area contributed by atoms with Gasteiger partial charge in [0.2, 0.25) is 0 Å². The number of amides is 1. The van der Waals surface area contributed by atoms with Crippen molar-refractivity contribution in [3.63, 3.8) is 0 Å². The van der Waals surface area contributed by atoms with Crippen molar-refractivity contribution in [1.29, 1.82) is 0 Å². The van der Waals surface area contributed by atoms with Crippen molar-refractivity contribution in [1.82, 2.24) is 5.32 Å². The summed E-state index contributed by atoms with van der Waals surface area (Å²) in [5.41, 5.74) is 9.52. The number of benzene rings is 2. The molecule has 2 aromatic carbocycles. The summed E-state index contributed by atoms with van der Waals surface area (Å²) in [5.74, 6) is 0. The Hall–Kier alpha value is -2.69. The second kappa shape index (κ2) is 6.67. The van der Waals surface area contributed by atoms with Gasteiger partial charge in [0, 0.05) is 23.6 Å². The summed E-state index contributed by atoms with van der Waals surface area (Å²) in [4.78, 5) is 14.4. The molecule has 1 amide bonds. The van der Waals surface area contributed by atoms with E-state index in [4.69, 9.17) is 10.5 Å². The smallest absolute Gasteiger partial charge is 0.407 e. The minimum atomic E-state index is -0.510. The van der Waals surface area contributed by atoms with Crippen LogP contribution < -0.4 is 16.0 Å². The highest BCUT2D eigenvalue weighted by atomic mass is 16.6. The van der Waals surface area contributed by atoms with Gasteiger partial charge in [-0.05, 0) is 57.0 Å². The van der Waals surface area contributed by atoms with Crippen molar-refractivity contribution in [3.8, 4) is 0 Å². The number of alkyl carbamates (subject to hydrolysis) is 1. The van der Waals surface area contributed by atoms with E-state index in [1.807, 2.05) is 57.2 Å². The van der Waals surface area contributed by atoms with Crippen LogP contribution in [0.25, 0.3) is 0 Å². The standard InChI is InChI=1S/C20H25N3O2/c1-20(2,3)25-19(24)22-16-11-14-7-4-5-10-18(14)23(13-16)17-9-6-8-15(21)12-17/h4-10,12,16H,11,13,21H2,1-3H3,(H,22,24). The molecule has 3 N–H and O–H groups in total. The molecule has 132 valence electrons. The molecule has 1 aliphatic rings. The zero-order chi connectivity index (χ0) is 18.0. The van der Waals surface area contributed by atoms with E-state index >= 15 is 0 Å². The molecule has 0 radical (unpaired) electrons. The molecule has 5 nitrogen and oxygen atoms in total. The maximum atomic E-state index is 12.2. The van der Waals surface area contributed by atoms with Crippen LogP contribution in [-0.2, 0) is 11.2 Å². The van der Waals surface area contributed by atoms with Gasteiger partial charge in [-0.3, -0.25) is 0 Å². The first kappa shape index (κ1) is 17.1. The van der Waals surface area contributed by atoms with E-state index in [0.717, 1.165) is 23.5 Å². The van der Waals surface area contributed by atoms with Gasteiger partial charge in [-0.1, -0.05) is 24.3 Å². The first-order chi connectivity index (χ1) is 11.8. The maximum Gasteiger partial charge on any atom is 0.407 e. The number of fused-ring (bicyclic) bond motifs is 1. The fraction of sp³-hybridized carbons (Fsp3) is 0.350. The normalized spacial score (nSPS) is 16.9. The van der Waals surface area contributed by atoms with E-state index < -0.39 is 5.60 Å². The lowest BCUT2D eigenvalue weighted by atomic mass is 9.97. The number of para-hydroxylation sites is 1. The summed E-state index contributed by atoms with van der Waals surface area (Å²) in [6, 6.07) is 16.0. The van der Waals surface area contributed by atoms with Gasteiger partial charge >= 0.3 is 6.09 Å². The van der Waals surface area contributed by atoms with E-state index in [1.54, 1.807) is 0 Å². The molecule has 2 aromatic rings. The second-order valence-corrected chi connectivity index (χ2v) is 7.38. The molecule has 0 bridgehead atoms. The first-order valence-electron chi connectivity index (χ1n) is 8.52. The van der Waals surface area contributed by atoms with Crippen molar-refractivity contribution in [3.05, 3.63) is 54.1 Å². The van der Waals surface area contributed by atoms with Gasteiger partial charge in [0.15, 0.2) is 0 Å². The number of hydrogen-bond donors (Lipinski definition) is 2. The number of rotatable bonds is 2. The molecule has 1 heterocycles. The molecule has 0 aromatic heterocycles. The zero-order valence-corrected chi connectivity index (χ0v) is 15.0. The third-order valence-electron chi connectivity index (χ3n) is 4.05. The first-order valence-corrected chi connectivity index (χ1v) is 8.52. The van der Waals surface area contributed by atoms with Crippen molar-refractivity contribution in [2.45, 2.75) is 38.8 Å². The van der Waals surface area contributed by atoms with Gasteiger partial charge in [-0.15, -0.1) is 0 Å². The highest BCUT2D eigenvalue weighted by Crippen LogP contribution is 2.34. The number of nitrogen functional groups attached to an aromatic ring is 1. The lowest BCUT2D eigenvalue weighted by Crippen LogP contribution is -2.48. The summed E-state index contributed by atoms with van der Waals surface area (Å²) in [5, 5.41) is 3.00. The quantitative estimate of drug-likeness (QED) is 0.816. The predicted octanol–water partition coefficient (Wildman–Crippen LogP) is 3.86. The van der Waals surface area contributed by atoms with E-state index in [1.165, 1.54) is 5.56 Å². The molecular formula is C20H25N3O2. The van der Waals surface area contributed by atoms with E-state index in [9.17, 15) is 4.79 Å². The average Bonchev–Trinajstić information content (AvgIpc) is 2.52. The van der Waals surface area contributed by atoms with Crippen molar-refractivity contribution < 1.29 is 9.53 Å². The number of carbonyl (C=O) groups is 1. The molecule has 0 saturated carbocycles. The van der Waals surface area contributed by atoms with Gasteiger partial charge in [0.05, 0.1) is 6.04 Å². The Labute approximate surface area is 148 Å². The Morgan fingerprint density at radius 3 is 2.68 bits per heavy atom.